The van der Waals surface area contributed by atoms with Gasteiger partial charge in [-0.25, -0.2) is 9.97 Å². The molecule has 1 aromatic rings. The van der Waals surface area contributed by atoms with E-state index < -0.39 is 5.95 Å². The van der Waals surface area contributed by atoms with Gasteiger partial charge in [0, 0.05) is 26.3 Å². The maximum atomic E-state index is 13.0. The van der Waals surface area contributed by atoms with Gasteiger partial charge in [-0.05, 0) is 5.92 Å². The smallest absolute Gasteiger partial charge is 0.218 e. The summed E-state index contributed by atoms with van der Waals surface area (Å²) in [6.07, 6.45) is 1.24. The molecule has 0 unspecified atom stereocenters. The monoisotopic (exact) mass is 227 g/mol. The Morgan fingerprint density at radius 1 is 1.44 bits per heavy atom. The summed E-state index contributed by atoms with van der Waals surface area (Å²) in [6.45, 7) is 6.33. The van der Waals surface area contributed by atoms with Crippen molar-refractivity contribution in [3.05, 3.63) is 18.3 Å². The molecule has 0 aromatic carbocycles. The van der Waals surface area contributed by atoms with Crippen LogP contribution in [0.4, 0.5) is 10.2 Å². The minimum absolute atomic E-state index is 0.481. The van der Waals surface area contributed by atoms with Gasteiger partial charge in [0.05, 0.1) is 6.61 Å². The van der Waals surface area contributed by atoms with Crippen LogP contribution in [-0.2, 0) is 4.74 Å². The van der Waals surface area contributed by atoms with E-state index in [1.165, 1.54) is 12.4 Å². The Labute approximate surface area is 95.5 Å². The lowest BCUT2D eigenvalue weighted by molar-refractivity contribution is 0.204. The summed E-state index contributed by atoms with van der Waals surface area (Å²) in [7, 11) is 1.65. The van der Waals surface area contributed by atoms with Crippen LogP contribution in [0.1, 0.15) is 13.8 Å². The first-order valence-corrected chi connectivity index (χ1v) is 5.35. The van der Waals surface area contributed by atoms with Crippen molar-refractivity contribution in [2.45, 2.75) is 13.8 Å². The Kier molecular flexibility index (Phi) is 5.11. The van der Waals surface area contributed by atoms with Crippen LogP contribution in [0.25, 0.3) is 0 Å². The third kappa shape index (κ3) is 4.10. The fraction of sp³-hybridized carbons (Fsp3) is 0.636. The predicted molar refractivity (Wildman–Crippen MR) is 60.9 cm³/mol. The number of nitrogens with zero attached hydrogens (tertiary/aromatic N) is 3. The van der Waals surface area contributed by atoms with Gasteiger partial charge in [-0.15, -0.1) is 0 Å². The summed E-state index contributed by atoms with van der Waals surface area (Å²) in [5, 5.41) is 0. The minimum atomic E-state index is -0.504. The van der Waals surface area contributed by atoms with E-state index in [1.807, 2.05) is 4.90 Å². The lowest BCUT2D eigenvalue weighted by atomic mass is 10.2. The van der Waals surface area contributed by atoms with E-state index >= 15 is 0 Å². The van der Waals surface area contributed by atoms with E-state index in [1.54, 1.807) is 7.11 Å². The first kappa shape index (κ1) is 12.8. The standard InChI is InChI=1S/C11H18FN3O/c1-9(2)7-15(4-5-16-3)11-6-10(12)13-8-14-11/h6,8-9H,4-5,7H2,1-3H3. The van der Waals surface area contributed by atoms with E-state index in [4.69, 9.17) is 4.74 Å². The average Bonchev–Trinajstić information content (AvgIpc) is 2.23. The molecule has 0 aliphatic heterocycles. The van der Waals surface area contributed by atoms with Crippen molar-refractivity contribution < 1.29 is 9.13 Å². The van der Waals surface area contributed by atoms with E-state index in [2.05, 4.69) is 23.8 Å². The molecule has 4 nitrogen and oxygen atoms in total. The van der Waals surface area contributed by atoms with Crippen LogP contribution in [0.5, 0.6) is 0 Å². The first-order valence-electron chi connectivity index (χ1n) is 5.35. The van der Waals surface area contributed by atoms with E-state index in [0.29, 0.717) is 24.9 Å². The third-order valence-corrected chi connectivity index (χ3v) is 2.09. The van der Waals surface area contributed by atoms with Gasteiger partial charge < -0.3 is 9.64 Å². The molecule has 0 saturated carbocycles. The summed E-state index contributed by atoms with van der Waals surface area (Å²) in [4.78, 5) is 9.51. The molecule has 0 aliphatic carbocycles. The maximum Gasteiger partial charge on any atom is 0.218 e. The number of aromatic nitrogens is 2. The van der Waals surface area contributed by atoms with Crippen molar-refractivity contribution in [3.8, 4) is 0 Å². The lowest BCUT2D eigenvalue weighted by Crippen LogP contribution is -2.31. The van der Waals surface area contributed by atoms with Crippen LogP contribution < -0.4 is 4.90 Å². The summed E-state index contributed by atoms with van der Waals surface area (Å²) in [5.41, 5.74) is 0. The number of halogens is 1. The first-order chi connectivity index (χ1) is 7.63. The molecule has 90 valence electrons. The van der Waals surface area contributed by atoms with Crippen LogP contribution in [-0.4, -0.2) is 36.8 Å². The average molecular weight is 227 g/mol. The van der Waals surface area contributed by atoms with Gasteiger partial charge >= 0.3 is 0 Å². The van der Waals surface area contributed by atoms with Gasteiger partial charge in [0.2, 0.25) is 5.95 Å². The summed E-state index contributed by atoms with van der Waals surface area (Å²) >= 11 is 0. The summed E-state index contributed by atoms with van der Waals surface area (Å²) < 4.78 is 18.0. The Hall–Kier alpha value is -1.23. The molecule has 0 saturated heterocycles. The maximum absolute atomic E-state index is 13.0. The zero-order valence-corrected chi connectivity index (χ0v) is 9.98. The van der Waals surface area contributed by atoms with Crippen LogP contribution in [0, 0.1) is 11.9 Å². The quantitative estimate of drug-likeness (QED) is 0.694. The number of hydrogen-bond acceptors (Lipinski definition) is 4. The van der Waals surface area contributed by atoms with E-state index in [9.17, 15) is 4.39 Å². The zero-order chi connectivity index (χ0) is 12.0. The molecule has 0 spiro atoms. The van der Waals surface area contributed by atoms with Crippen molar-refractivity contribution in [1.82, 2.24) is 9.97 Å². The fourth-order valence-electron chi connectivity index (χ4n) is 1.44. The van der Waals surface area contributed by atoms with Crippen LogP contribution >= 0.6 is 0 Å². The molecule has 0 aliphatic rings. The van der Waals surface area contributed by atoms with Gasteiger partial charge in [-0.2, -0.15) is 4.39 Å². The molecule has 5 heteroatoms. The van der Waals surface area contributed by atoms with Gasteiger partial charge in [0.15, 0.2) is 0 Å². The number of methoxy groups -OCH3 is 1. The number of hydrogen-bond donors (Lipinski definition) is 0. The van der Waals surface area contributed by atoms with Crippen molar-refractivity contribution in [1.29, 1.82) is 0 Å². The van der Waals surface area contributed by atoms with Gasteiger partial charge in [0.25, 0.3) is 0 Å². The predicted octanol–water partition coefficient (Wildman–Crippen LogP) is 1.72. The van der Waals surface area contributed by atoms with Crippen molar-refractivity contribution in [2.24, 2.45) is 5.92 Å². The Morgan fingerprint density at radius 3 is 2.75 bits per heavy atom. The fourth-order valence-corrected chi connectivity index (χ4v) is 1.44. The number of rotatable bonds is 6. The highest BCUT2D eigenvalue weighted by Crippen LogP contribution is 2.12. The van der Waals surface area contributed by atoms with E-state index in [-0.39, 0.29) is 0 Å². The molecule has 0 atom stereocenters. The highest BCUT2D eigenvalue weighted by Gasteiger charge is 2.10. The van der Waals surface area contributed by atoms with Gasteiger partial charge in [-0.1, -0.05) is 13.8 Å². The molecule has 0 N–H and O–H groups in total. The molecule has 1 rings (SSSR count). The molecule has 0 bridgehead atoms. The van der Waals surface area contributed by atoms with E-state index in [0.717, 1.165) is 6.54 Å². The molecule has 0 amide bonds. The Bertz CT molecular complexity index is 320. The normalized spacial score (nSPS) is 10.8. The lowest BCUT2D eigenvalue weighted by Gasteiger charge is -2.24. The molecule has 0 radical (unpaired) electrons. The summed E-state index contributed by atoms with van der Waals surface area (Å²) in [6, 6.07) is 1.35. The molecule has 0 fully saturated rings. The van der Waals surface area contributed by atoms with Crippen LogP contribution in [0.2, 0.25) is 0 Å². The molecule has 1 aromatic heterocycles. The largest absolute Gasteiger partial charge is 0.383 e. The Morgan fingerprint density at radius 2 is 2.19 bits per heavy atom. The van der Waals surface area contributed by atoms with Crippen molar-refractivity contribution in [2.75, 3.05) is 31.7 Å². The van der Waals surface area contributed by atoms with Crippen LogP contribution in [0.3, 0.4) is 0 Å². The van der Waals surface area contributed by atoms with Gasteiger partial charge in [0.1, 0.15) is 12.1 Å². The molecule has 16 heavy (non-hydrogen) atoms. The van der Waals surface area contributed by atoms with Crippen molar-refractivity contribution >= 4 is 5.82 Å². The Balaban J connectivity index is 2.74. The second kappa shape index (κ2) is 6.37. The summed E-state index contributed by atoms with van der Waals surface area (Å²) in [5.74, 6) is 0.587. The van der Waals surface area contributed by atoms with Gasteiger partial charge in [-0.3, -0.25) is 0 Å². The second-order valence-electron chi connectivity index (χ2n) is 4.03. The second-order valence-corrected chi connectivity index (χ2v) is 4.03. The topological polar surface area (TPSA) is 38.2 Å². The molecule has 1 heterocycles. The molecular formula is C11H18FN3O. The number of anilines is 1. The minimum Gasteiger partial charge on any atom is -0.383 e. The SMILES string of the molecule is COCCN(CC(C)C)c1cc(F)ncn1. The van der Waals surface area contributed by atoms with Crippen molar-refractivity contribution in [3.63, 3.8) is 0 Å². The zero-order valence-electron chi connectivity index (χ0n) is 9.98. The highest BCUT2D eigenvalue weighted by atomic mass is 19.1. The highest BCUT2D eigenvalue weighted by molar-refractivity contribution is 5.36. The third-order valence-electron chi connectivity index (χ3n) is 2.09. The molecular weight excluding hydrogens is 209 g/mol. The van der Waals surface area contributed by atoms with Crippen LogP contribution in [0.15, 0.2) is 12.4 Å². The number of ether oxygens (including phenoxy) is 1.